The lowest BCUT2D eigenvalue weighted by Gasteiger charge is -2.15. The SMILES string of the molecule is CCNS(=O)(=O)N(C)CCC(=O)OC. The van der Waals surface area contributed by atoms with Crippen molar-refractivity contribution in [2.45, 2.75) is 13.3 Å². The molecule has 0 aliphatic rings. The van der Waals surface area contributed by atoms with Gasteiger partial charge in [-0.25, -0.2) is 4.72 Å². The van der Waals surface area contributed by atoms with Gasteiger partial charge in [0.15, 0.2) is 0 Å². The third-order valence-electron chi connectivity index (χ3n) is 1.60. The Morgan fingerprint density at radius 1 is 1.50 bits per heavy atom. The number of hydrogen-bond acceptors (Lipinski definition) is 4. The molecule has 0 aliphatic carbocycles. The highest BCUT2D eigenvalue weighted by molar-refractivity contribution is 7.87. The van der Waals surface area contributed by atoms with Gasteiger partial charge in [0.2, 0.25) is 0 Å². The summed E-state index contributed by atoms with van der Waals surface area (Å²) in [6, 6.07) is 0. The zero-order chi connectivity index (χ0) is 11.2. The maximum absolute atomic E-state index is 11.3. The van der Waals surface area contributed by atoms with Crippen LogP contribution in [0.3, 0.4) is 0 Å². The Balaban J connectivity index is 4.08. The van der Waals surface area contributed by atoms with Gasteiger partial charge in [0.25, 0.3) is 10.2 Å². The van der Waals surface area contributed by atoms with E-state index in [9.17, 15) is 13.2 Å². The second kappa shape index (κ2) is 5.94. The highest BCUT2D eigenvalue weighted by Gasteiger charge is 2.16. The molecule has 0 atom stereocenters. The molecule has 1 N–H and O–H groups in total. The van der Waals surface area contributed by atoms with Gasteiger partial charge in [-0.05, 0) is 0 Å². The number of ether oxygens (including phenoxy) is 1. The highest BCUT2D eigenvalue weighted by atomic mass is 32.2. The molecule has 0 saturated carbocycles. The summed E-state index contributed by atoms with van der Waals surface area (Å²) >= 11 is 0. The number of nitrogens with zero attached hydrogens (tertiary/aromatic N) is 1. The van der Waals surface area contributed by atoms with Crippen molar-refractivity contribution in [2.24, 2.45) is 0 Å². The molecule has 0 heterocycles. The molecule has 0 saturated heterocycles. The van der Waals surface area contributed by atoms with Gasteiger partial charge in [-0.3, -0.25) is 4.79 Å². The normalized spacial score (nSPS) is 11.7. The number of hydrogen-bond donors (Lipinski definition) is 1. The van der Waals surface area contributed by atoms with Gasteiger partial charge >= 0.3 is 5.97 Å². The fraction of sp³-hybridized carbons (Fsp3) is 0.857. The first-order valence-electron chi connectivity index (χ1n) is 4.21. The van der Waals surface area contributed by atoms with Crippen LogP contribution in [0.15, 0.2) is 0 Å². The van der Waals surface area contributed by atoms with Crippen molar-refractivity contribution in [1.29, 1.82) is 0 Å². The molecule has 14 heavy (non-hydrogen) atoms. The average Bonchev–Trinajstić information content (AvgIpc) is 2.13. The van der Waals surface area contributed by atoms with E-state index in [2.05, 4.69) is 9.46 Å². The highest BCUT2D eigenvalue weighted by Crippen LogP contribution is 1.96. The lowest BCUT2D eigenvalue weighted by atomic mass is 10.4. The predicted molar refractivity (Wildman–Crippen MR) is 51.9 cm³/mol. The Morgan fingerprint density at radius 3 is 2.50 bits per heavy atom. The van der Waals surface area contributed by atoms with Crippen LogP contribution >= 0.6 is 0 Å². The van der Waals surface area contributed by atoms with Crippen LogP contribution in [0.5, 0.6) is 0 Å². The molecule has 0 radical (unpaired) electrons. The molecular formula is C7H16N2O4S. The second-order valence-corrected chi connectivity index (χ2v) is 4.51. The van der Waals surface area contributed by atoms with Crippen LogP contribution < -0.4 is 4.72 Å². The zero-order valence-electron chi connectivity index (χ0n) is 8.61. The fourth-order valence-electron chi connectivity index (χ4n) is 0.764. The van der Waals surface area contributed by atoms with Crippen LogP contribution in [0.2, 0.25) is 0 Å². The van der Waals surface area contributed by atoms with E-state index in [1.54, 1.807) is 6.92 Å². The molecule has 0 spiro atoms. The van der Waals surface area contributed by atoms with Crippen LogP contribution in [0.4, 0.5) is 0 Å². The Morgan fingerprint density at radius 2 is 2.07 bits per heavy atom. The topological polar surface area (TPSA) is 75.7 Å². The molecule has 7 heteroatoms. The Hall–Kier alpha value is -0.660. The Kier molecular flexibility index (Phi) is 5.66. The number of methoxy groups -OCH3 is 1. The third-order valence-corrected chi connectivity index (χ3v) is 3.25. The van der Waals surface area contributed by atoms with E-state index in [4.69, 9.17) is 0 Å². The minimum atomic E-state index is -3.44. The standard InChI is InChI=1S/C7H16N2O4S/c1-4-8-14(11,12)9(2)6-5-7(10)13-3/h8H,4-6H2,1-3H3. The number of carbonyl (C=O) groups is 1. The molecule has 0 aromatic carbocycles. The average molecular weight is 224 g/mol. The van der Waals surface area contributed by atoms with E-state index in [1.165, 1.54) is 14.2 Å². The Labute approximate surface area is 84.4 Å². The summed E-state index contributed by atoms with van der Waals surface area (Å²) in [5.74, 6) is -0.427. The summed E-state index contributed by atoms with van der Waals surface area (Å²) < 4.78 is 30.4. The van der Waals surface area contributed by atoms with E-state index in [0.717, 1.165) is 4.31 Å². The van der Waals surface area contributed by atoms with E-state index in [1.807, 2.05) is 0 Å². The van der Waals surface area contributed by atoms with Crippen molar-refractivity contribution in [3.63, 3.8) is 0 Å². The summed E-state index contributed by atoms with van der Waals surface area (Å²) in [6.07, 6.45) is 0.0532. The maximum Gasteiger partial charge on any atom is 0.306 e. The summed E-state index contributed by atoms with van der Waals surface area (Å²) in [4.78, 5) is 10.7. The first-order chi connectivity index (χ1) is 6.44. The van der Waals surface area contributed by atoms with Gasteiger partial charge in [-0.1, -0.05) is 6.92 Å². The molecule has 0 aromatic heterocycles. The largest absolute Gasteiger partial charge is 0.469 e. The summed E-state index contributed by atoms with van der Waals surface area (Å²) in [5.41, 5.74) is 0. The van der Waals surface area contributed by atoms with Crippen molar-refractivity contribution in [3.8, 4) is 0 Å². The molecule has 6 nitrogen and oxygen atoms in total. The quantitative estimate of drug-likeness (QED) is 0.607. The third kappa shape index (κ3) is 4.54. The van der Waals surface area contributed by atoms with Crippen molar-refractivity contribution >= 4 is 16.2 Å². The van der Waals surface area contributed by atoms with Crippen LogP contribution in [-0.4, -0.2) is 45.9 Å². The van der Waals surface area contributed by atoms with Crippen LogP contribution in [0.25, 0.3) is 0 Å². The molecular weight excluding hydrogens is 208 g/mol. The van der Waals surface area contributed by atoms with E-state index < -0.39 is 16.2 Å². The molecule has 0 bridgehead atoms. The van der Waals surface area contributed by atoms with Crippen molar-refractivity contribution in [1.82, 2.24) is 9.03 Å². The van der Waals surface area contributed by atoms with Crippen LogP contribution in [0.1, 0.15) is 13.3 Å². The number of rotatable bonds is 6. The summed E-state index contributed by atoms with van der Waals surface area (Å²) in [6.45, 7) is 2.12. The lowest BCUT2D eigenvalue weighted by molar-refractivity contribution is -0.140. The van der Waals surface area contributed by atoms with Crippen molar-refractivity contribution in [3.05, 3.63) is 0 Å². The number of nitrogens with one attached hydrogen (secondary N) is 1. The summed E-state index contributed by atoms with van der Waals surface area (Å²) in [7, 11) is -0.770. The zero-order valence-corrected chi connectivity index (χ0v) is 9.43. The molecule has 0 fully saturated rings. The molecule has 0 rings (SSSR count). The van der Waals surface area contributed by atoms with Crippen LogP contribution in [-0.2, 0) is 19.7 Å². The van der Waals surface area contributed by atoms with Gasteiger partial charge in [0.05, 0.1) is 13.5 Å². The summed E-state index contributed by atoms with van der Waals surface area (Å²) in [5, 5.41) is 0. The number of carbonyl (C=O) groups excluding carboxylic acids is 1. The van der Waals surface area contributed by atoms with Crippen molar-refractivity contribution < 1.29 is 17.9 Å². The lowest BCUT2D eigenvalue weighted by Crippen LogP contribution is -2.39. The van der Waals surface area contributed by atoms with Gasteiger partial charge in [0.1, 0.15) is 0 Å². The van der Waals surface area contributed by atoms with E-state index in [0.29, 0.717) is 6.54 Å². The van der Waals surface area contributed by atoms with E-state index in [-0.39, 0.29) is 13.0 Å². The monoisotopic (exact) mass is 224 g/mol. The maximum atomic E-state index is 11.3. The molecule has 0 amide bonds. The first-order valence-corrected chi connectivity index (χ1v) is 5.65. The second-order valence-electron chi connectivity index (χ2n) is 2.65. The first kappa shape index (κ1) is 13.3. The van der Waals surface area contributed by atoms with Gasteiger partial charge in [0, 0.05) is 20.1 Å². The smallest absolute Gasteiger partial charge is 0.306 e. The van der Waals surface area contributed by atoms with Gasteiger partial charge < -0.3 is 4.74 Å². The molecule has 0 aromatic rings. The fourth-order valence-corrected chi connectivity index (χ4v) is 1.68. The van der Waals surface area contributed by atoms with Gasteiger partial charge in [-0.2, -0.15) is 12.7 Å². The number of esters is 1. The predicted octanol–water partition coefficient (Wildman–Crippen LogP) is -0.664. The van der Waals surface area contributed by atoms with E-state index >= 15 is 0 Å². The molecule has 84 valence electrons. The van der Waals surface area contributed by atoms with Crippen molar-refractivity contribution in [2.75, 3.05) is 27.2 Å². The van der Waals surface area contributed by atoms with Gasteiger partial charge in [-0.15, -0.1) is 0 Å². The minimum absolute atomic E-state index is 0.0532. The Bertz CT molecular complexity index is 275. The molecule has 0 unspecified atom stereocenters. The minimum Gasteiger partial charge on any atom is -0.469 e. The van der Waals surface area contributed by atoms with Crippen LogP contribution in [0, 0.1) is 0 Å². The molecule has 0 aliphatic heterocycles.